The number of halogens is 1. The Hall–Kier alpha value is -2.96. The third kappa shape index (κ3) is 4.78. The summed E-state index contributed by atoms with van der Waals surface area (Å²) in [5.41, 5.74) is 2.56. The standard InChI is InChI=1S/C24H25FN2O3/c1-17-6-8-18(9-7-17)21(16-27-12-14-29-15-13-27)26-24(28)23-11-10-22(30-23)19-4-2-3-5-20(19)25/h2-11,21H,12-16H2,1H3,(H,26,28)/p+1/t21-/m0/s1. The lowest BCUT2D eigenvalue weighted by Crippen LogP contribution is -3.14. The van der Waals surface area contributed by atoms with Crippen molar-refractivity contribution in [3.05, 3.63) is 83.4 Å². The molecule has 4 rings (SSSR count). The number of carbonyl (C=O) groups excluding carboxylic acids is 1. The molecule has 30 heavy (non-hydrogen) atoms. The summed E-state index contributed by atoms with van der Waals surface area (Å²) in [5, 5.41) is 3.11. The van der Waals surface area contributed by atoms with Gasteiger partial charge in [-0.05, 0) is 36.8 Å². The molecule has 5 nitrogen and oxygen atoms in total. The molecule has 0 unspecified atom stereocenters. The van der Waals surface area contributed by atoms with Gasteiger partial charge in [0.15, 0.2) is 5.76 Å². The van der Waals surface area contributed by atoms with Gasteiger partial charge in [-0.15, -0.1) is 0 Å². The van der Waals surface area contributed by atoms with E-state index in [2.05, 4.69) is 5.32 Å². The number of amides is 1. The normalized spacial score (nSPS) is 15.7. The van der Waals surface area contributed by atoms with Gasteiger partial charge in [-0.1, -0.05) is 42.0 Å². The van der Waals surface area contributed by atoms with Crippen molar-refractivity contribution >= 4 is 5.91 Å². The number of hydrogen-bond donors (Lipinski definition) is 2. The quantitative estimate of drug-likeness (QED) is 0.658. The van der Waals surface area contributed by atoms with E-state index in [1.54, 1.807) is 30.3 Å². The highest BCUT2D eigenvalue weighted by Gasteiger charge is 2.25. The lowest BCUT2D eigenvalue weighted by Gasteiger charge is -2.28. The largest absolute Gasteiger partial charge is 0.451 e. The van der Waals surface area contributed by atoms with Gasteiger partial charge in [0.05, 0.1) is 18.8 Å². The van der Waals surface area contributed by atoms with E-state index in [1.807, 2.05) is 31.2 Å². The van der Waals surface area contributed by atoms with E-state index in [0.717, 1.165) is 38.4 Å². The van der Waals surface area contributed by atoms with Crippen LogP contribution in [0, 0.1) is 12.7 Å². The molecule has 6 heteroatoms. The van der Waals surface area contributed by atoms with Crippen molar-refractivity contribution in [2.75, 3.05) is 32.8 Å². The maximum absolute atomic E-state index is 14.0. The first kappa shape index (κ1) is 20.3. The van der Waals surface area contributed by atoms with Crippen LogP contribution in [0.2, 0.25) is 0 Å². The molecule has 0 bridgehead atoms. The van der Waals surface area contributed by atoms with E-state index in [9.17, 15) is 9.18 Å². The van der Waals surface area contributed by atoms with E-state index in [0.29, 0.717) is 11.3 Å². The maximum Gasteiger partial charge on any atom is 0.287 e. The fourth-order valence-corrected chi connectivity index (χ4v) is 3.70. The number of benzene rings is 2. The number of ether oxygens (including phenoxy) is 1. The molecule has 1 atom stereocenters. The lowest BCUT2D eigenvalue weighted by atomic mass is 10.0. The molecule has 1 aliphatic heterocycles. The number of hydrogen-bond acceptors (Lipinski definition) is 3. The summed E-state index contributed by atoms with van der Waals surface area (Å²) in [6.45, 7) is 6.09. The van der Waals surface area contributed by atoms with Gasteiger partial charge in [0.25, 0.3) is 5.91 Å². The molecule has 1 aliphatic rings. The second kappa shape index (κ2) is 9.24. The number of morpholine rings is 1. The molecule has 0 aliphatic carbocycles. The van der Waals surface area contributed by atoms with E-state index >= 15 is 0 Å². The summed E-state index contributed by atoms with van der Waals surface area (Å²) in [4.78, 5) is 14.3. The van der Waals surface area contributed by atoms with E-state index < -0.39 is 0 Å². The number of furan rings is 1. The molecule has 2 aromatic carbocycles. The van der Waals surface area contributed by atoms with Gasteiger partial charge >= 0.3 is 0 Å². The second-order valence-electron chi connectivity index (χ2n) is 7.65. The number of quaternary nitrogens is 1. The Balaban J connectivity index is 1.52. The van der Waals surface area contributed by atoms with Gasteiger partial charge in [-0.25, -0.2) is 4.39 Å². The summed E-state index contributed by atoms with van der Waals surface area (Å²) in [7, 11) is 0. The van der Waals surface area contributed by atoms with Crippen LogP contribution in [0.4, 0.5) is 4.39 Å². The van der Waals surface area contributed by atoms with E-state index in [4.69, 9.17) is 9.15 Å². The van der Waals surface area contributed by atoms with Gasteiger partial charge in [0.2, 0.25) is 0 Å². The highest BCUT2D eigenvalue weighted by Crippen LogP contribution is 2.25. The molecule has 2 N–H and O–H groups in total. The van der Waals surface area contributed by atoms with Crippen molar-refractivity contribution in [2.24, 2.45) is 0 Å². The SMILES string of the molecule is Cc1ccc([C@H](C[NH+]2CCOCC2)NC(=O)c2ccc(-c3ccccc3F)o2)cc1. The Labute approximate surface area is 175 Å². The molecule has 0 spiro atoms. The predicted octanol–water partition coefficient (Wildman–Crippen LogP) is 2.78. The van der Waals surface area contributed by atoms with Crippen molar-refractivity contribution in [1.29, 1.82) is 0 Å². The van der Waals surface area contributed by atoms with Crippen molar-refractivity contribution in [3.63, 3.8) is 0 Å². The number of carbonyl (C=O) groups is 1. The summed E-state index contributed by atoms with van der Waals surface area (Å²) in [6, 6.07) is 17.6. The zero-order valence-electron chi connectivity index (χ0n) is 17.0. The maximum atomic E-state index is 14.0. The molecule has 1 saturated heterocycles. The lowest BCUT2D eigenvalue weighted by molar-refractivity contribution is -0.909. The van der Waals surface area contributed by atoms with Crippen LogP contribution < -0.4 is 10.2 Å². The molecule has 1 aromatic heterocycles. The molecule has 1 fully saturated rings. The van der Waals surface area contributed by atoms with Gasteiger partial charge in [-0.2, -0.15) is 0 Å². The predicted molar refractivity (Wildman–Crippen MR) is 112 cm³/mol. The molecule has 0 saturated carbocycles. The average molecular weight is 409 g/mol. The molecule has 156 valence electrons. The zero-order chi connectivity index (χ0) is 20.9. The molecule has 0 radical (unpaired) electrons. The third-order valence-corrected chi connectivity index (χ3v) is 5.45. The van der Waals surface area contributed by atoms with Crippen molar-refractivity contribution in [3.8, 4) is 11.3 Å². The fraction of sp³-hybridized carbons (Fsp3) is 0.292. The van der Waals surface area contributed by atoms with Crippen LogP contribution in [0.15, 0.2) is 65.1 Å². The monoisotopic (exact) mass is 409 g/mol. The number of nitrogens with one attached hydrogen (secondary N) is 2. The minimum atomic E-state index is -0.382. The van der Waals surface area contributed by atoms with Crippen LogP contribution >= 0.6 is 0 Å². The van der Waals surface area contributed by atoms with E-state index in [-0.39, 0.29) is 23.5 Å². The topological polar surface area (TPSA) is 55.9 Å². The first-order valence-corrected chi connectivity index (χ1v) is 10.2. The van der Waals surface area contributed by atoms with Gasteiger partial charge < -0.3 is 19.4 Å². The minimum absolute atomic E-state index is 0.159. The van der Waals surface area contributed by atoms with E-state index in [1.165, 1.54) is 16.5 Å². The second-order valence-corrected chi connectivity index (χ2v) is 7.65. The summed E-state index contributed by atoms with van der Waals surface area (Å²) < 4.78 is 25.2. The smallest absolute Gasteiger partial charge is 0.287 e. The van der Waals surface area contributed by atoms with Gasteiger partial charge in [0.1, 0.15) is 37.3 Å². The van der Waals surface area contributed by atoms with Crippen molar-refractivity contribution in [2.45, 2.75) is 13.0 Å². The van der Waals surface area contributed by atoms with Crippen LogP contribution in [0.3, 0.4) is 0 Å². The van der Waals surface area contributed by atoms with Crippen LogP contribution in [-0.4, -0.2) is 38.8 Å². The summed E-state index contributed by atoms with van der Waals surface area (Å²) in [5.74, 6) is -0.186. The van der Waals surface area contributed by atoms with Crippen LogP contribution in [-0.2, 0) is 4.74 Å². The number of rotatable bonds is 6. The molecule has 2 heterocycles. The molecule has 1 amide bonds. The van der Waals surface area contributed by atoms with Crippen LogP contribution in [0.1, 0.15) is 27.7 Å². The minimum Gasteiger partial charge on any atom is -0.451 e. The molecule has 3 aromatic rings. The average Bonchev–Trinajstić information content (AvgIpc) is 3.25. The van der Waals surface area contributed by atoms with Crippen LogP contribution in [0.25, 0.3) is 11.3 Å². The first-order chi connectivity index (χ1) is 14.6. The number of aryl methyl sites for hydroxylation is 1. The fourth-order valence-electron chi connectivity index (χ4n) is 3.70. The Morgan fingerprint density at radius 1 is 1.07 bits per heavy atom. The Bertz CT molecular complexity index is 994. The van der Waals surface area contributed by atoms with Gasteiger partial charge in [-0.3, -0.25) is 4.79 Å². The Morgan fingerprint density at radius 3 is 2.53 bits per heavy atom. The van der Waals surface area contributed by atoms with Gasteiger partial charge in [0, 0.05) is 0 Å². The zero-order valence-corrected chi connectivity index (χ0v) is 17.0. The molecular weight excluding hydrogens is 383 g/mol. The Morgan fingerprint density at radius 2 is 1.80 bits per heavy atom. The van der Waals surface area contributed by atoms with Crippen molar-refractivity contribution in [1.82, 2.24) is 5.32 Å². The summed E-state index contributed by atoms with van der Waals surface area (Å²) >= 11 is 0. The highest BCUT2D eigenvalue weighted by molar-refractivity contribution is 5.92. The molecular formula is C24H26FN2O3+. The van der Waals surface area contributed by atoms with Crippen molar-refractivity contribution < 1.29 is 23.2 Å². The first-order valence-electron chi connectivity index (χ1n) is 10.2. The van der Waals surface area contributed by atoms with Crippen LogP contribution in [0.5, 0.6) is 0 Å². The highest BCUT2D eigenvalue weighted by atomic mass is 19.1. The Kier molecular flexibility index (Phi) is 6.26. The summed E-state index contributed by atoms with van der Waals surface area (Å²) in [6.07, 6.45) is 0. The third-order valence-electron chi connectivity index (χ3n) is 5.45.